The molecule has 0 unspecified atom stereocenters. The lowest BCUT2D eigenvalue weighted by atomic mass is 10.0. The lowest BCUT2D eigenvalue weighted by Gasteiger charge is -2.33. The number of nitrogens with zero attached hydrogens (tertiary/aromatic N) is 3. The highest BCUT2D eigenvalue weighted by Crippen LogP contribution is 2.27. The van der Waals surface area contributed by atoms with Crippen molar-refractivity contribution in [2.45, 2.75) is 39.3 Å². The fourth-order valence-corrected chi connectivity index (χ4v) is 3.47. The van der Waals surface area contributed by atoms with Gasteiger partial charge in [0.25, 0.3) is 0 Å². The second kappa shape index (κ2) is 8.89. The lowest BCUT2D eigenvalue weighted by molar-refractivity contribution is 0.211. The molecule has 2 aromatic rings. The summed E-state index contributed by atoms with van der Waals surface area (Å²) in [5.74, 6) is 1.60. The van der Waals surface area contributed by atoms with E-state index in [0.717, 1.165) is 49.6 Å². The third-order valence-electron chi connectivity index (χ3n) is 4.57. The average Bonchev–Trinajstić information content (AvgIpc) is 2.63. The molecule has 5 nitrogen and oxygen atoms in total. The van der Waals surface area contributed by atoms with E-state index < -0.39 is 0 Å². The van der Waals surface area contributed by atoms with Crippen LogP contribution in [0.2, 0.25) is 10.3 Å². The SMILES string of the molecule is CCOc1cc(CN2CCC(Nc3nc(Cl)ncc3C)CC2)ccc1Cl. The van der Waals surface area contributed by atoms with E-state index in [1.165, 1.54) is 5.56 Å². The predicted molar refractivity (Wildman–Crippen MR) is 106 cm³/mol. The average molecular weight is 395 g/mol. The normalized spacial score (nSPS) is 15.8. The molecule has 7 heteroatoms. The van der Waals surface area contributed by atoms with E-state index in [1.54, 1.807) is 6.20 Å². The summed E-state index contributed by atoms with van der Waals surface area (Å²) in [6.45, 7) is 7.54. The van der Waals surface area contributed by atoms with E-state index in [9.17, 15) is 0 Å². The number of halogens is 2. The first-order valence-electron chi connectivity index (χ1n) is 8.94. The van der Waals surface area contributed by atoms with Crippen molar-refractivity contribution in [2.24, 2.45) is 0 Å². The van der Waals surface area contributed by atoms with Crippen LogP contribution in [0.4, 0.5) is 5.82 Å². The Morgan fingerprint density at radius 2 is 2.04 bits per heavy atom. The van der Waals surface area contributed by atoms with Crippen LogP contribution in [-0.2, 0) is 6.54 Å². The molecule has 1 saturated heterocycles. The van der Waals surface area contributed by atoms with Gasteiger partial charge in [-0.3, -0.25) is 4.90 Å². The molecule has 0 radical (unpaired) electrons. The van der Waals surface area contributed by atoms with Crippen LogP contribution in [0.15, 0.2) is 24.4 Å². The molecule has 2 heterocycles. The van der Waals surface area contributed by atoms with Crippen molar-refractivity contribution >= 4 is 29.0 Å². The molecule has 0 bridgehead atoms. The zero-order valence-corrected chi connectivity index (χ0v) is 16.6. The highest BCUT2D eigenvalue weighted by Gasteiger charge is 2.20. The Morgan fingerprint density at radius 3 is 2.77 bits per heavy atom. The summed E-state index contributed by atoms with van der Waals surface area (Å²) in [6.07, 6.45) is 3.88. The number of likely N-dealkylation sites (tertiary alicyclic amines) is 1. The van der Waals surface area contributed by atoms with E-state index in [1.807, 2.05) is 26.0 Å². The summed E-state index contributed by atoms with van der Waals surface area (Å²) in [5.41, 5.74) is 2.24. The minimum Gasteiger partial charge on any atom is -0.492 e. The number of nitrogens with one attached hydrogen (secondary N) is 1. The molecule has 0 spiro atoms. The molecule has 1 aromatic heterocycles. The number of rotatable bonds is 6. The Hall–Kier alpha value is -1.56. The Balaban J connectivity index is 1.54. The molecule has 1 aromatic carbocycles. The maximum atomic E-state index is 6.17. The smallest absolute Gasteiger partial charge is 0.224 e. The third kappa shape index (κ3) is 5.00. The zero-order valence-electron chi connectivity index (χ0n) is 15.1. The number of benzene rings is 1. The maximum absolute atomic E-state index is 6.17. The molecular formula is C19H24Cl2N4O. The van der Waals surface area contributed by atoms with Crippen LogP contribution in [0.1, 0.15) is 30.9 Å². The molecule has 1 N–H and O–H groups in total. The van der Waals surface area contributed by atoms with Crippen molar-refractivity contribution < 1.29 is 4.74 Å². The minimum atomic E-state index is 0.281. The Kier molecular flexibility index (Phi) is 6.57. The van der Waals surface area contributed by atoms with Gasteiger partial charge in [-0.05, 0) is 56.0 Å². The molecule has 140 valence electrons. The Labute approximate surface area is 164 Å². The second-order valence-electron chi connectivity index (χ2n) is 6.56. The first-order chi connectivity index (χ1) is 12.5. The minimum absolute atomic E-state index is 0.281. The van der Waals surface area contributed by atoms with Gasteiger partial charge in [-0.15, -0.1) is 0 Å². The van der Waals surface area contributed by atoms with Gasteiger partial charge < -0.3 is 10.1 Å². The van der Waals surface area contributed by atoms with Gasteiger partial charge in [0.2, 0.25) is 5.28 Å². The summed E-state index contributed by atoms with van der Waals surface area (Å²) in [7, 11) is 0. The van der Waals surface area contributed by atoms with Crippen molar-refractivity contribution in [3.8, 4) is 5.75 Å². The summed E-state index contributed by atoms with van der Waals surface area (Å²) in [6, 6.07) is 6.43. The Bertz CT molecular complexity index is 748. The molecule has 3 rings (SSSR count). The molecule has 1 aliphatic heterocycles. The molecule has 0 amide bonds. The number of hydrogen-bond acceptors (Lipinski definition) is 5. The topological polar surface area (TPSA) is 50.3 Å². The van der Waals surface area contributed by atoms with Crippen LogP contribution in [-0.4, -0.2) is 40.6 Å². The fourth-order valence-electron chi connectivity index (χ4n) is 3.17. The number of aryl methyl sites for hydroxylation is 1. The van der Waals surface area contributed by atoms with Gasteiger partial charge in [0.05, 0.1) is 11.6 Å². The van der Waals surface area contributed by atoms with Crippen LogP contribution in [0.5, 0.6) is 5.75 Å². The quantitative estimate of drug-likeness (QED) is 0.727. The van der Waals surface area contributed by atoms with Crippen LogP contribution >= 0.6 is 23.2 Å². The van der Waals surface area contributed by atoms with Gasteiger partial charge in [0.1, 0.15) is 11.6 Å². The monoisotopic (exact) mass is 394 g/mol. The number of anilines is 1. The van der Waals surface area contributed by atoms with E-state index in [2.05, 4.69) is 26.3 Å². The fraction of sp³-hybridized carbons (Fsp3) is 0.474. The van der Waals surface area contributed by atoms with Crippen molar-refractivity contribution in [3.63, 3.8) is 0 Å². The van der Waals surface area contributed by atoms with Crippen LogP contribution in [0, 0.1) is 6.92 Å². The van der Waals surface area contributed by atoms with E-state index in [0.29, 0.717) is 17.7 Å². The predicted octanol–water partition coefficient (Wildman–Crippen LogP) is 4.57. The number of hydrogen-bond donors (Lipinski definition) is 1. The van der Waals surface area contributed by atoms with Gasteiger partial charge in [0.15, 0.2) is 0 Å². The highest BCUT2D eigenvalue weighted by atomic mass is 35.5. The molecule has 1 fully saturated rings. The van der Waals surface area contributed by atoms with E-state index in [-0.39, 0.29) is 5.28 Å². The van der Waals surface area contributed by atoms with Crippen LogP contribution in [0.25, 0.3) is 0 Å². The van der Waals surface area contributed by atoms with Crippen molar-refractivity contribution in [1.82, 2.24) is 14.9 Å². The van der Waals surface area contributed by atoms with Crippen molar-refractivity contribution in [2.75, 3.05) is 25.0 Å². The van der Waals surface area contributed by atoms with Gasteiger partial charge in [-0.1, -0.05) is 17.7 Å². The van der Waals surface area contributed by atoms with Crippen LogP contribution < -0.4 is 10.1 Å². The first-order valence-corrected chi connectivity index (χ1v) is 9.70. The second-order valence-corrected chi connectivity index (χ2v) is 7.31. The summed E-state index contributed by atoms with van der Waals surface area (Å²) >= 11 is 12.1. The number of ether oxygens (including phenoxy) is 1. The number of aromatic nitrogens is 2. The van der Waals surface area contributed by atoms with Gasteiger partial charge >= 0.3 is 0 Å². The molecule has 26 heavy (non-hydrogen) atoms. The standard InChI is InChI=1S/C19H24Cl2N4O/c1-3-26-17-10-14(4-5-16(17)20)12-25-8-6-15(7-9-25)23-18-13(2)11-22-19(21)24-18/h4-5,10-11,15H,3,6-9,12H2,1-2H3,(H,22,23,24). The summed E-state index contributed by atoms with van der Waals surface area (Å²) in [4.78, 5) is 10.8. The van der Waals surface area contributed by atoms with Crippen molar-refractivity contribution in [1.29, 1.82) is 0 Å². The first kappa shape index (κ1) is 19.2. The van der Waals surface area contributed by atoms with Gasteiger partial charge in [-0.2, -0.15) is 0 Å². The third-order valence-corrected chi connectivity index (χ3v) is 5.07. The zero-order chi connectivity index (χ0) is 18.5. The molecule has 1 aliphatic rings. The van der Waals surface area contributed by atoms with Gasteiger partial charge in [0, 0.05) is 37.4 Å². The van der Waals surface area contributed by atoms with E-state index in [4.69, 9.17) is 27.9 Å². The molecular weight excluding hydrogens is 371 g/mol. The number of piperidine rings is 1. The Morgan fingerprint density at radius 1 is 1.27 bits per heavy atom. The molecule has 0 aliphatic carbocycles. The van der Waals surface area contributed by atoms with Crippen LogP contribution in [0.3, 0.4) is 0 Å². The summed E-state index contributed by atoms with van der Waals surface area (Å²) in [5, 5.41) is 4.45. The van der Waals surface area contributed by atoms with E-state index >= 15 is 0 Å². The highest BCUT2D eigenvalue weighted by molar-refractivity contribution is 6.32. The lowest BCUT2D eigenvalue weighted by Crippen LogP contribution is -2.38. The summed E-state index contributed by atoms with van der Waals surface area (Å²) < 4.78 is 5.59. The molecule has 0 atom stereocenters. The molecule has 0 saturated carbocycles. The van der Waals surface area contributed by atoms with Crippen molar-refractivity contribution in [3.05, 3.63) is 45.8 Å². The largest absolute Gasteiger partial charge is 0.492 e. The van der Waals surface area contributed by atoms with Gasteiger partial charge in [-0.25, -0.2) is 9.97 Å². The maximum Gasteiger partial charge on any atom is 0.224 e.